The molecule has 0 aliphatic heterocycles. The molecule has 2 aliphatic rings. The molecule has 0 N–H and O–H groups in total. The van der Waals surface area contributed by atoms with Crippen molar-refractivity contribution in [3.05, 3.63) is 47.0 Å². The first-order chi connectivity index (χ1) is 8.15. The monoisotopic (exact) mass is 226 g/mol. The average Bonchev–Trinajstić information content (AvgIpc) is 2.92. The molecule has 3 atom stereocenters. The quantitative estimate of drug-likeness (QED) is 0.608. The predicted octanol–water partition coefficient (Wildman–Crippen LogP) is 4.71. The molecule has 1 saturated carbocycles. The van der Waals surface area contributed by atoms with Crippen LogP contribution >= 0.6 is 0 Å². The molecule has 0 saturated heterocycles. The maximum absolute atomic E-state index is 2.47. The van der Waals surface area contributed by atoms with Crippen LogP contribution in [0, 0.1) is 11.8 Å². The molecular formula is C17H22. The van der Waals surface area contributed by atoms with Gasteiger partial charge < -0.3 is 0 Å². The van der Waals surface area contributed by atoms with Gasteiger partial charge >= 0.3 is 0 Å². The number of rotatable bonds is 1. The van der Waals surface area contributed by atoms with E-state index in [1.54, 1.807) is 11.1 Å². The van der Waals surface area contributed by atoms with Gasteiger partial charge in [0.15, 0.2) is 0 Å². The lowest BCUT2D eigenvalue weighted by molar-refractivity contribution is 0.330. The van der Waals surface area contributed by atoms with Crippen molar-refractivity contribution in [1.29, 1.82) is 0 Å². The molecule has 0 aromatic heterocycles. The third-order valence-electron chi connectivity index (χ3n) is 5.56. The summed E-state index contributed by atoms with van der Waals surface area (Å²) in [5.74, 6) is 1.71. The Kier molecular flexibility index (Phi) is 2.43. The second kappa shape index (κ2) is 3.73. The predicted molar refractivity (Wildman–Crippen MR) is 73.0 cm³/mol. The lowest BCUT2D eigenvalue weighted by Crippen LogP contribution is -2.30. The fraction of sp³-hybridized carbons (Fsp3) is 0.529. The molecular weight excluding hydrogens is 204 g/mol. The van der Waals surface area contributed by atoms with Crippen LogP contribution in [0.25, 0.3) is 0 Å². The zero-order chi connectivity index (χ0) is 12.0. The van der Waals surface area contributed by atoms with Gasteiger partial charge in [0, 0.05) is 5.41 Å². The van der Waals surface area contributed by atoms with Crippen molar-refractivity contribution >= 4 is 0 Å². The van der Waals surface area contributed by atoms with Gasteiger partial charge in [-0.25, -0.2) is 0 Å². The van der Waals surface area contributed by atoms with Crippen LogP contribution in [0.5, 0.6) is 0 Å². The molecule has 0 heteroatoms. The summed E-state index contributed by atoms with van der Waals surface area (Å²) >= 11 is 0. The summed E-state index contributed by atoms with van der Waals surface area (Å²) in [4.78, 5) is 0. The Balaban J connectivity index is 2.13. The molecule has 0 heterocycles. The van der Waals surface area contributed by atoms with Crippen LogP contribution in [0.15, 0.2) is 41.5 Å². The van der Waals surface area contributed by atoms with Crippen molar-refractivity contribution in [2.75, 3.05) is 0 Å². The Labute approximate surface area is 105 Å². The van der Waals surface area contributed by atoms with Gasteiger partial charge in [0.1, 0.15) is 0 Å². The third-order valence-corrected chi connectivity index (χ3v) is 5.56. The minimum absolute atomic E-state index is 0.298. The van der Waals surface area contributed by atoms with Crippen LogP contribution < -0.4 is 0 Å². The number of fused-ring (bicyclic) bond motifs is 1. The molecule has 0 amide bonds. The lowest BCUT2D eigenvalue weighted by atomic mass is 9.69. The van der Waals surface area contributed by atoms with Crippen molar-refractivity contribution in [1.82, 2.24) is 0 Å². The van der Waals surface area contributed by atoms with Gasteiger partial charge in [-0.2, -0.15) is 0 Å². The van der Waals surface area contributed by atoms with Crippen molar-refractivity contribution in [3.63, 3.8) is 0 Å². The first-order valence-electron chi connectivity index (χ1n) is 6.89. The van der Waals surface area contributed by atoms with Crippen LogP contribution in [0.2, 0.25) is 0 Å². The SMILES string of the molecule is CC1=C(C)[C@@](C)(c2ccccc2)[C@H]2CCC[C@@H]12. The fourth-order valence-electron chi connectivity index (χ4n) is 4.35. The van der Waals surface area contributed by atoms with Crippen LogP contribution in [0.4, 0.5) is 0 Å². The van der Waals surface area contributed by atoms with Crippen LogP contribution in [0.3, 0.4) is 0 Å². The van der Waals surface area contributed by atoms with Crippen LogP contribution in [0.1, 0.15) is 45.6 Å². The molecule has 0 nitrogen and oxygen atoms in total. The van der Waals surface area contributed by atoms with E-state index in [2.05, 4.69) is 51.1 Å². The standard InChI is InChI=1S/C17H22/c1-12-13(2)17(3,14-8-5-4-6-9-14)16-11-7-10-15(12)16/h4-6,8-9,15-16H,7,10-11H2,1-3H3/t15-,16-,17-/m0/s1. The summed E-state index contributed by atoms with van der Waals surface area (Å²) in [6.07, 6.45) is 4.24. The molecule has 90 valence electrons. The summed E-state index contributed by atoms with van der Waals surface area (Å²) in [6, 6.07) is 11.1. The zero-order valence-electron chi connectivity index (χ0n) is 11.2. The van der Waals surface area contributed by atoms with Gasteiger partial charge in [-0.1, -0.05) is 54.8 Å². The zero-order valence-corrected chi connectivity index (χ0v) is 11.2. The molecule has 0 bridgehead atoms. The lowest BCUT2D eigenvalue weighted by Gasteiger charge is -2.34. The van der Waals surface area contributed by atoms with Gasteiger partial charge in [-0.3, -0.25) is 0 Å². The molecule has 0 unspecified atom stereocenters. The Morgan fingerprint density at radius 1 is 1.06 bits per heavy atom. The van der Waals surface area contributed by atoms with Crippen molar-refractivity contribution < 1.29 is 0 Å². The van der Waals surface area contributed by atoms with Crippen molar-refractivity contribution in [2.45, 2.75) is 45.4 Å². The number of hydrogen-bond donors (Lipinski definition) is 0. The Bertz CT molecular complexity index is 454. The summed E-state index contributed by atoms with van der Waals surface area (Å²) in [5, 5.41) is 0. The maximum Gasteiger partial charge on any atom is 0.0167 e. The highest BCUT2D eigenvalue weighted by Crippen LogP contribution is 2.58. The van der Waals surface area contributed by atoms with Crippen LogP contribution in [-0.2, 0) is 5.41 Å². The molecule has 0 spiro atoms. The summed E-state index contributed by atoms with van der Waals surface area (Å²) in [5.41, 5.74) is 5.13. The van der Waals surface area contributed by atoms with E-state index in [9.17, 15) is 0 Å². The highest BCUT2D eigenvalue weighted by atomic mass is 14.5. The average molecular weight is 226 g/mol. The van der Waals surface area contributed by atoms with Gasteiger partial charge in [0.25, 0.3) is 0 Å². The number of hydrogen-bond acceptors (Lipinski definition) is 0. The number of benzene rings is 1. The van der Waals surface area contributed by atoms with Crippen LogP contribution in [-0.4, -0.2) is 0 Å². The summed E-state index contributed by atoms with van der Waals surface area (Å²) < 4.78 is 0. The fourth-order valence-corrected chi connectivity index (χ4v) is 4.35. The first kappa shape index (κ1) is 11.1. The van der Waals surface area contributed by atoms with E-state index in [0.29, 0.717) is 5.41 Å². The van der Waals surface area contributed by atoms with E-state index in [-0.39, 0.29) is 0 Å². The number of allylic oxidation sites excluding steroid dienone is 2. The summed E-state index contributed by atoms with van der Waals surface area (Å²) in [6.45, 7) is 7.20. The first-order valence-corrected chi connectivity index (χ1v) is 6.89. The molecule has 1 aromatic rings. The third kappa shape index (κ3) is 1.36. The summed E-state index contributed by atoms with van der Waals surface area (Å²) in [7, 11) is 0. The normalized spacial score (nSPS) is 36.4. The molecule has 1 fully saturated rings. The Morgan fingerprint density at radius 2 is 1.76 bits per heavy atom. The van der Waals surface area contributed by atoms with E-state index in [1.807, 2.05) is 0 Å². The maximum atomic E-state index is 2.47. The Hall–Kier alpha value is -1.04. The smallest absolute Gasteiger partial charge is 0.0167 e. The van der Waals surface area contributed by atoms with Gasteiger partial charge in [0.05, 0.1) is 0 Å². The largest absolute Gasteiger partial charge is 0.0701 e. The highest BCUT2D eigenvalue weighted by molar-refractivity contribution is 5.44. The van der Waals surface area contributed by atoms with Gasteiger partial charge in [-0.05, 0) is 44.1 Å². The molecule has 1 aromatic carbocycles. The van der Waals surface area contributed by atoms with Crippen molar-refractivity contribution in [3.8, 4) is 0 Å². The van der Waals surface area contributed by atoms with Crippen molar-refractivity contribution in [2.24, 2.45) is 11.8 Å². The van der Waals surface area contributed by atoms with E-state index in [1.165, 1.54) is 24.8 Å². The topological polar surface area (TPSA) is 0 Å². The minimum Gasteiger partial charge on any atom is -0.0701 e. The van der Waals surface area contributed by atoms with Gasteiger partial charge in [-0.15, -0.1) is 0 Å². The van der Waals surface area contributed by atoms with Gasteiger partial charge in [0.2, 0.25) is 0 Å². The van der Waals surface area contributed by atoms with E-state index in [0.717, 1.165) is 11.8 Å². The second-order valence-corrected chi connectivity index (χ2v) is 6.02. The molecule has 0 radical (unpaired) electrons. The van der Waals surface area contributed by atoms with E-state index < -0.39 is 0 Å². The Morgan fingerprint density at radius 3 is 2.47 bits per heavy atom. The van der Waals surface area contributed by atoms with E-state index >= 15 is 0 Å². The highest BCUT2D eigenvalue weighted by Gasteiger charge is 2.50. The molecule has 3 rings (SSSR count). The molecule has 17 heavy (non-hydrogen) atoms. The molecule has 2 aliphatic carbocycles. The minimum atomic E-state index is 0.298. The van der Waals surface area contributed by atoms with E-state index in [4.69, 9.17) is 0 Å². The second-order valence-electron chi connectivity index (χ2n) is 6.02.